The molecule has 0 spiro atoms. The summed E-state index contributed by atoms with van der Waals surface area (Å²) in [5.74, 6) is -1.64. The Morgan fingerprint density at radius 1 is 0.414 bits per heavy atom. The fourth-order valence-corrected chi connectivity index (χ4v) is 13.6. The number of unbranched alkanes of at least 4 members (excludes halogenated alkanes) is 4. The highest BCUT2D eigenvalue weighted by Gasteiger charge is 2.45. The molecule has 2 aromatic rings. The van der Waals surface area contributed by atoms with Crippen LogP contribution in [0.2, 0.25) is 0 Å². The van der Waals surface area contributed by atoms with E-state index in [1.165, 1.54) is 11.6 Å². The number of amides is 3. The Balaban J connectivity index is 0.707. The van der Waals surface area contributed by atoms with E-state index in [2.05, 4.69) is 65.9 Å². The second-order valence-electron chi connectivity index (χ2n) is 30.5. The highest BCUT2D eigenvalue weighted by Crippen LogP contribution is 2.48. The maximum absolute atomic E-state index is 12.8. The molecule has 3 heterocycles. The van der Waals surface area contributed by atoms with E-state index in [-0.39, 0.29) is 35.5 Å². The summed E-state index contributed by atoms with van der Waals surface area (Å²) in [5.41, 5.74) is 6.32. The van der Waals surface area contributed by atoms with Crippen LogP contribution in [0.15, 0.2) is 77.4 Å². The van der Waals surface area contributed by atoms with Gasteiger partial charge in [0, 0.05) is 86.8 Å². The maximum atomic E-state index is 12.8. The number of nitrogens with one attached hydrogen (secondary N) is 1. The van der Waals surface area contributed by atoms with Gasteiger partial charge in [0.1, 0.15) is 6.54 Å². The summed E-state index contributed by atoms with van der Waals surface area (Å²) in [6.07, 6.45) is 15.0. The summed E-state index contributed by atoms with van der Waals surface area (Å²) >= 11 is 0. The van der Waals surface area contributed by atoms with Gasteiger partial charge in [-0.1, -0.05) is 56.2 Å². The molecule has 732 valence electrons. The van der Waals surface area contributed by atoms with Crippen molar-refractivity contribution in [3.63, 3.8) is 0 Å². The van der Waals surface area contributed by atoms with Crippen molar-refractivity contribution in [1.29, 1.82) is 0 Å². The van der Waals surface area contributed by atoms with Gasteiger partial charge >= 0.3 is 5.97 Å². The number of ether oxygens (including phenoxy) is 24. The third kappa shape index (κ3) is 52.0. The lowest BCUT2D eigenvalue weighted by atomic mass is 9.81. The van der Waals surface area contributed by atoms with Crippen molar-refractivity contribution in [2.75, 3.05) is 342 Å². The molecule has 2 aromatic carbocycles. The van der Waals surface area contributed by atoms with Gasteiger partial charge in [0.2, 0.25) is 11.6 Å². The van der Waals surface area contributed by atoms with E-state index in [1.807, 2.05) is 32.1 Å². The van der Waals surface area contributed by atoms with Gasteiger partial charge in [-0.05, 0) is 76.3 Å². The number of carbonyl (C=O) groups is 4. The number of rotatable bonds is 89. The van der Waals surface area contributed by atoms with Gasteiger partial charge < -0.3 is 129 Å². The van der Waals surface area contributed by atoms with Crippen LogP contribution in [-0.2, 0) is 159 Å². The molecule has 3 aliphatic heterocycles. The smallest absolute Gasteiger partial charge is 0.333 e. The molecule has 128 heavy (non-hydrogen) atoms. The number of carbonyl (C=O) groups excluding carboxylic acids is 4. The minimum atomic E-state index is -4.45. The van der Waals surface area contributed by atoms with Crippen LogP contribution in [0.25, 0.3) is 0 Å². The number of allylic oxidation sites excluding steroid dienone is 6. The van der Waals surface area contributed by atoms with E-state index >= 15 is 0 Å². The fraction of sp³-hybridized carbons (Fsp3) is 0.747. The Bertz CT molecular complexity index is 3460. The van der Waals surface area contributed by atoms with Gasteiger partial charge in [-0.2, -0.15) is 13.0 Å². The van der Waals surface area contributed by atoms with E-state index in [1.54, 1.807) is 19.2 Å². The minimum absolute atomic E-state index is 0.0503. The molecule has 0 aromatic heterocycles. The van der Waals surface area contributed by atoms with Crippen LogP contribution in [-0.4, -0.2) is 389 Å². The van der Waals surface area contributed by atoms with Gasteiger partial charge in [0.15, 0.2) is 5.71 Å². The molecule has 0 unspecified atom stereocenters. The van der Waals surface area contributed by atoms with Gasteiger partial charge in [-0.3, -0.25) is 18.9 Å². The zero-order valence-corrected chi connectivity index (χ0v) is 77.9. The number of fused-ring (bicyclic) bond motifs is 2. The molecule has 1 fully saturated rings. The average molecular weight is 1850 g/mol. The topological polar surface area (TPSA) is 375 Å². The Morgan fingerprint density at radius 2 is 0.766 bits per heavy atom. The van der Waals surface area contributed by atoms with Crippen molar-refractivity contribution in [2.24, 2.45) is 0 Å². The van der Waals surface area contributed by atoms with Crippen LogP contribution >= 0.6 is 0 Å². The van der Waals surface area contributed by atoms with Crippen LogP contribution in [0, 0.1) is 6.92 Å². The minimum Gasteiger partial charge on any atom is -0.382 e. The monoisotopic (exact) mass is 1840 g/mol. The lowest BCUT2D eigenvalue weighted by molar-refractivity contribution is -0.438. The first-order chi connectivity index (χ1) is 62.5. The molecule has 3 amide bonds. The molecule has 1 saturated heterocycles. The van der Waals surface area contributed by atoms with Crippen LogP contribution < -0.4 is 10.2 Å². The second kappa shape index (κ2) is 73.6. The van der Waals surface area contributed by atoms with Crippen molar-refractivity contribution >= 4 is 50.9 Å². The average Bonchev–Trinajstić information content (AvgIpc) is 1.59. The summed E-state index contributed by atoms with van der Waals surface area (Å²) in [7, 11) is -2.81. The highest BCUT2D eigenvalue weighted by atomic mass is 32.2. The van der Waals surface area contributed by atoms with Crippen LogP contribution in [0.1, 0.15) is 109 Å². The van der Waals surface area contributed by atoms with Crippen LogP contribution in [0.3, 0.4) is 0 Å². The van der Waals surface area contributed by atoms with Crippen molar-refractivity contribution < 1.29 is 155 Å². The van der Waals surface area contributed by atoms with E-state index in [9.17, 15) is 32.1 Å². The molecule has 3 aliphatic rings. The summed E-state index contributed by atoms with van der Waals surface area (Å²) in [6, 6.07) is 11.2. The number of hydroxylamine groups is 2. The number of anilines is 1. The van der Waals surface area contributed by atoms with Crippen molar-refractivity contribution in [1.82, 2.24) is 10.4 Å². The summed E-state index contributed by atoms with van der Waals surface area (Å²) in [6.45, 7) is 34.4. The molecule has 2 N–H and O–H groups in total. The number of imide groups is 1. The molecule has 0 atom stereocenters. The first kappa shape index (κ1) is 113. The second-order valence-corrected chi connectivity index (χ2v) is 31.9. The predicted octanol–water partition coefficient (Wildman–Crippen LogP) is 7.28. The van der Waals surface area contributed by atoms with Gasteiger partial charge in [0.25, 0.3) is 21.9 Å². The summed E-state index contributed by atoms with van der Waals surface area (Å²) < 4.78 is 169. The molecule has 37 heteroatoms. The lowest BCUT2D eigenvalue weighted by Gasteiger charge is -2.27. The zero-order chi connectivity index (χ0) is 91.7. The van der Waals surface area contributed by atoms with E-state index in [0.717, 1.165) is 59.6 Å². The number of methoxy groups -OCH3 is 1. The third-order valence-corrected chi connectivity index (χ3v) is 20.7. The van der Waals surface area contributed by atoms with Gasteiger partial charge in [-0.25, -0.2) is 4.79 Å². The predicted molar refractivity (Wildman–Crippen MR) is 475 cm³/mol. The SMILES string of the molecule is COCCOCCOCCOCCOCCOCCOCCOCCOCCOCCOCCOCCOCCOCCOCCOCCOCCOCCOCCOCCOCCOCCOCCOCCNC(=O)CCCCC[N+]1=C(C=CC=CC=C2N(CCCCCC(=O)ON3C(=O)CCC3=O)c3ccc(C)cc3C2(C)C)C(C)(C)c2cc(S(=O)(=O)O)ccc21. The van der Waals surface area contributed by atoms with Gasteiger partial charge in [0.05, 0.1) is 321 Å². The number of benzene rings is 2. The molecule has 0 aliphatic carbocycles. The number of nitrogens with zero attached hydrogens (tertiary/aromatic N) is 3. The molecular weight excluding hydrogens is 1690 g/mol. The zero-order valence-electron chi connectivity index (χ0n) is 77.1. The number of hydrogen-bond acceptors (Lipinski definition) is 32. The Kier molecular flexibility index (Phi) is 64.8. The highest BCUT2D eigenvalue weighted by molar-refractivity contribution is 7.85. The van der Waals surface area contributed by atoms with E-state index in [0.29, 0.717) is 354 Å². The van der Waals surface area contributed by atoms with Crippen LogP contribution in [0.4, 0.5) is 11.4 Å². The van der Waals surface area contributed by atoms with Crippen molar-refractivity contribution in [3.8, 4) is 0 Å². The quantitative estimate of drug-likeness (QED) is 0.0216. The summed E-state index contributed by atoms with van der Waals surface area (Å²) in [4.78, 5) is 56.3. The number of hydrogen-bond donors (Lipinski definition) is 2. The largest absolute Gasteiger partial charge is 0.382 e. The lowest BCUT2D eigenvalue weighted by Crippen LogP contribution is -2.32. The van der Waals surface area contributed by atoms with Crippen molar-refractivity contribution in [2.45, 2.75) is 115 Å². The van der Waals surface area contributed by atoms with E-state index < -0.39 is 33.3 Å². The van der Waals surface area contributed by atoms with Gasteiger partial charge in [-0.15, -0.1) is 5.06 Å². The first-order valence-corrected chi connectivity index (χ1v) is 46.7. The molecule has 0 saturated carbocycles. The van der Waals surface area contributed by atoms with Crippen molar-refractivity contribution in [3.05, 3.63) is 89.2 Å². The molecule has 36 nitrogen and oxygen atoms in total. The Labute approximate surface area is 758 Å². The Hall–Kier alpha value is -5.84. The first-order valence-electron chi connectivity index (χ1n) is 45.3. The molecule has 5 rings (SSSR count). The molecule has 0 bridgehead atoms. The third-order valence-electron chi connectivity index (χ3n) is 19.9. The van der Waals surface area contributed by atoms with E-state index in [4.69, 9.17) is 119 Å². The van der Waals surface area contributed by atoms with Crippen LogP contribution in [0.5, 0.6) is 0 Å². The molecular formula is C91H151N4O32S+. The standard InChI is InChI=1S/C91H150N4O32S/c1-78-20-22-82-80(76-78)90(2,3)84(93(82)28-15-9-13-19-89(99)127-95-87(97)24-25-88(95)98)16-10-7-11-17-85-91(4,5)81-77-79(128(100,101)102)21-23-83(81)94(85)27-14-8-12-18-86(96)92-26-29-104-32-33-106-36-37-108-40-41-110-44-45-112-48-49-114-52-53-116-56-57-118-60-61-120-64-65-122-68-69-124-72-73-126-75-74-125-71-70-123-67-66-121-63-62-119-59-58-117-55-54-115-51-50-113-47-46-111-43-42-109-39-38-107-35-34-105-31-30-103-6/h7,10-11,16-17,20-23,76-77H,8-9,12-15,18-19,24-75H2,1-6H3,(H-,92,96,100,101,102)/p+1. The maximum Gasteiger partial charge on any atom is 0.333 e. The molecule has 0 radical (unpaired) electrons. The normalized spacial score (nSPS) is 14.7. The Morgan fingerprint density at radius 3 is 1.13 bits per heavy atom. The summed E-state index contributed by atoms with van der Waals surface area (Å²) in [5, 5.41) is 3.52. The fourth-order valence-electron chi connectivity index (χ4n) is 13.1. The number of aryl methyl sites for hydroxylation is 1.